The first-order valence-corrected chi connectivity index (χ1v) is 12.0. The number of fused-ring (bicyclic) bond motifs is 2. The van der Waals surface area contributed by atoms with Gasteiger partial charge in [0.25, 0.3) is 0 Å². The van der Waals surface area contributed by atoms with Gasteiger partial charge >= 0.3 is 0 Å². The Labute approximate surface area is 201 Å². The molecule has 0 bridgehead atoms. The summed E-state index contributed by atoms with van der Waals surface area (Å²) in [5.41, 5.74) is 4.09. The molecule has 1 aliphatic heterocycles. The van der Waals surface area contributed by atoms with Crippen LogP contribution < -0.4 is 15.0 Å². The molecule has 5 rings (SSSR count). The number of carbonyl (C=O) groups is 1. The predicted molar refractivity (Wildman–Crippen MR) is 139 cm³/mol. The molecule has 1 unspecified atom stereocenters. The van der Waals surface area contributed by atoms with Crippen LogP contribution in [0.25, 0.3) is 10.8 Å². The molecule has 4 aromatic rings. The van der Waals surface area contributed by atoms with Gasteiger partial charge in [-0.3, -0.25) is 4.79 Å². The molecule has 172 valence electrons. The van der Waals surface area contributed by atoms with Crippen molar-refractivity contribution in [2.24, 2.45) is 0 Å². The number of benzene rings is 4. The van der Waals surface area contributed by atoms with E-state index in [9.17, 15) is 4.79 Å². The third kappa shape index (κ3) is 4.42. The van der Waals surface area contributed by atoms with Crippen molar-refractivity contribution >= 4 is 27.9 Å². The predicted octanol–water partition coefficient (Wildman–Crippen LogP) is 6.68. The molecule has 0 aromatic heterocycles. The average molecular weight is 451 g/mol. The van der Waals surface area contributed by atoms with E-state index in [1.54, 1.807) is 0 Å². The van der Waals surface area contributed by atoms with Crippen LogP contribution in [0, 0.1) is 0 Å². The number of anilines is 2. The number of Topliss-reactive ketones (excluding diaryl/α,β-unsaturated/α-hetero) is 1. The Morgan fingerprint density at radius 1 is 1.00 bits per heavy atom. The first-order valence-electron chi connectivity index (χ1n) is 12.0. The molecule has 4 aromatic carbocycles. The van der Waals surface area contributed by atoms with Gasteiger partial charge in [-0.15, -0.1) is 0 Å². The van der Waals surface area contributed by atoms with Crippen molar-refractivity contribution in [3.05, 3.63) is 102 Å². The molecule has 1 aliphatic rings. The fourth-order valence-corrected chi connectivity index (χ4v) is 4.75. The van der Waals surface area contributed by atoms with Gasteiger partial charge < -0.3 is 15.0 Å². The number of rotatable bonds is 7. The molecule has 4 heteroatoms. The highest BCUT2D eigenvalue weighted by molar-refractivity contribution is 5.97. The quantitative estimate of drug-likeness (QED) is 0.319. The minimum atomic E-state index is -0.0298. The highest BCUT2D eigenvalue weighted by Crippen LogP contribution is 2.38. The third-order valence-corrected chi connectivity index (χ3v) is 6.58. The van der Waals surface area contributed by atoms with E-state index in [1.807, 2.05) is 43.3 Å². The Bertz CT molecular complexity index is 1310. The van der Waals surface area contributed by atoms with E-state index in [1.165, 1.54) is 16.3 Å². The van der Waals surface area contributed by atoms with Crippen LogP contribution in [-0.4, -0.2) is 25.0 Å². The minimum Gasteiger partial charge on any atom is -0.485 e. The van der Waals surface area contributed by atoms with Gasteiger partial charge in [-0.2, -0.15) is 0 Å². The maximum absolute atomic E-state index is 12.3. The van der Waals surface area contributed by atoms with Crippen LogP contribution in [0.2, 0.25) is 0 Å². The van der Waals surface area contributed by atoms with Gasteiger partial charge in [-0.1, -0.05) is 73.7 Å². The topological polar surface area (TPSA) is 41.6 Å². The largest absolute Gasteiger partial charge is 0.485 e. The molecule has 0 spiro atoms. The van der Waals surface area contributed by atoms with E-state index in [0.717, 1.165) is 22.7 Å². The molecule has 1 N–H and O–H groups in total. The standard InChI is InChI=1S/C30H30N2O2/c1-3-29(33)23-12-8-13-24(18-23)32-20-25(34-30-17-7-6-16-28(30)32)19-31-21(2)26-15-9-11-22-10-4-5-14-27(22)26/h4-18,21,25,31H,3,19-20H2,1-2H3/t21-,25?/m1/s1. The Hall–Kier alpha value is -3.63. The summed E-state index contributed by atoms with van der Waals surface area (Å²) in [5, 5.41) is 6.23. The first-order chi connectivity index (χ1) is 16.6. The van der Waals surface area contributed by atoms with Crippen LogP contribution >= 0.6 is 0 Å². The summed E-state index contributed by atoms with van der Waals surface area (Å²) in [7, 11) is 0. The van der Waals surface area contributed by atoms with E-state index >= 15 is 0 Å². The Balaban J connectivity index is 1.37. The minimum absolute atomic E-state index is 0.0298. The molecule has 34 heavy (non-hydrogen) atoms. The van der Waals surface area contributed by atoms with Crippen molar-refractivity contribution < 1.29 is 9.53 Å². The van der Waals surface area contributed by atoms with E-state index in [-0.39, 0.29) is 17.9 Å². The SMILES string of the molecule is CCC(=O)c1cccc(N2CC(CN[C@H](C)c3cccc4ccccc34)Oc3ccccc32)c1. The fraction of sp³-hybridized carbons (Fsp3) is 0.233. The molecule has 2 atom stereocenters. The molecule has 0 aliphatic carbocycles. The van der Waals surface area contributed by atoms with Crippen LogP contribution in [0.5, 0.6) is 5.75 Å². The highest BCUT2D eigenvalue weighted by Gasteiger charge is 2.27. The molecule has 0 fully saturated rings. The molecule has 0 radical (unpaired) electrons. The zero-order chi connectivity index (χ0) is 23.5. The van der Waals surface area contributed by atoms with E-state index < -0.39 is 0 Å². The van der Waals surface area contributed by atoms with Crippen molar-refractivity contribution in [1.29, 1.82) is 0 Å². The van der Waals surface area contributed by atoms with E-state index in [4.69, 9.17) is 4.74 Å². The summed E-state index contributed by atoms with van der Waals surface area (Å²) in [6, 6.07) is 31.2. The fourth-order valence-electron chi connectivity index (χ4n) is 4.75. The summed E-state index contributed by atoms with van der Waals surface area (Å²) in [5.74, 6) is 1.02. The van der Waals surface area contributed by atoms with Crippen molar-refractivity contribution in [1.82, 2.24) is 5.32 Å². The van der Waals surface area contributed by atoms with E-state index in [2.05, 4.69) is 71.7 Å². The van der Waals surface area contributed by atoms with Gasteiger partial charge in [0.2, 0.25) is 0 Å². The Kier molecular flexibility index (Phi) is 6.33. The number of carbonyl (C=O) groups excluding carboxylic acids is 1. The normalized spacial score (nSPS) is 16.1. The monoisotopic (exact) mass is 450 g/mol. The second-order valence-corrected chi connectivity index (χ2v) is 8.84. The second-order valence-electron chi connectivity index (χ2n) is 8.84. The van der Waals surface area contributed by atoms with Crippen molar-refractivity contribution in [3.8, 4) is 5.75 Å². The number of nitrogens with one attached hydrogen (secondary N) is 1. The first kappa shape index (κ1) is 22.2. The Morgan fingerprint density at radius 2 is 1.76 bits per heavy atom. The molecule has 0 amide bonds. The van der Waals surface area contributed by atoms with Crippen LogP contribution in [0.4, 0.5) is 11.4 Å². The number of ether oxygens (including phenoxy) is 1. The lowest BCUT2D eigenvalue weighted by Crippen LogP contribution is -2.44. The van der Waals surface area contributed by atoms with Crippen LogP contribution in [-0.2, 0) is 0 Å². The van der Waals surface area contributed by atoms with Gasteiger partial charge in [0, 0.05) is 30.3 Å². The zero-order valence-electron chi connectivity index (χ0n) is 19.7. The number of hydrogen-bond donors (Lipinski definition) is 1. The molecule has 0 saturated carbocycles. The van der Waals surface area contributed by atoms with Crippen LogP contribution in [0.1, 0.15) is 42.2 Å². The smallest absolute Gasteiger partial charge is 0.162 e. The molecule has 1 heterocycles. The lowest BCUT2D eigenvalue weighted by atomic mass is 9.99. The second kappa shape index (κ2) is 9.70. The van der Waals surface area contributed by atoms with Gasteiger partial charge in [-0.05, 0) is 47.5 Å². The van der Waals surface area contributed by atoms with Gasteiger partial charge in [0.05, 0.1) is 12.2 Å². The van der Waals surface area contributed by atoms with Gasteiger partial charge in [-0.25, -0.2) is 0 Å². The highest BCUT2D eigenvalue weighted by atomic mass is 16.5. The summed E-state index contributed by atoms with van der Waals surface area (Å²) >= 11 is 0. The molecule has 4 nitrogen and oxygen atoms in total. The van der Waals surface area contributed by atoms with Crippen molar-refractivity contribution in [3.63, 3.8) is 0 Å². The number of ketones is 1. The van der Waals surface area contributed by atoms with Gasteiger partial charge in [0.15, 0.2) is 5.78 Å². The number of para-hydroxylation sites is 2. The molecular formula is C30H30N2O2. The van der Waals surface area contributed by atoms with Crippen molar-refractivity contribution in [2.45, 2.75) is 32.4 Å². The lowest BCUT2D eigenvalue weighted by molar-refractivity contribution is 0.0988. The van der Waals surface area contributed by atoms with Crippen LogP contribution in [0.3, 0.4) is 0 Å². The lowest BCUT2D eigenvalue weighted by Gasteiger charge is -2.37. The third-order valence-electron chi connectivity index (χ3n) is 6.58. The molecular weight excluding hydrogens is 420 g/mol. The van der Waals surface area contributed by atoms with Crippen LogP contribution in [0.15, 0.2) is 91.0 Å². The summed E-state index contributed by atoms with van der Waals surface area (Å²) in [6.45, 7) is 5.52. The zero-order valence-corrected chi connectivity index (χ0v) is 19.7. The number of hydrogen-bond acceptors (Lipinski definition) is 4. The number of nitrogens with zero attached hydrogens (tertiary/aromatic N) is 1. The molecule has 0 saturated heterocycles. The van der Waals surface area contributed by atoms with Crippen molar-refractivity contribution in [2.75, 3.05) is 18.0 Å². The average Bonchev–Trinajstić information content (AvgIpc) is 2.90. The van der Waals surface area contributed by atoms with E-state index in [0.29, 0.717) is 19.5 Å². The summed E-state index contributed by atoms with van der Waals surface area (Å²) < 4.78 is 6.39. The maximum Gasteiger partial charge on any atom is 0.162 e. The summed E-state index contributed by atoms with van der Waals surface area (Å²) in [4.78, 5) is 14.6. The summed E-state index contributed by atoms with van der Waals surface area (Å²) in [6.07, 6.45) is 0.472. The Morgan fingerprint density at radius 3 is 2.65 bits per heavy atom. The maximum atomic E-state index is 12.3. The van der Waals surface area contributed by atoms with Gasteiger partial charge in [0.1, 0.15) is 11.9 Å².